The number of piperazine rings is 1. The van der Waals surface area contributed by atoms with E-state index < -0.39 is 6.10 Å². The van der Waals surface area contributed by atoms with Crippen LogP contribution in [0.4, 0.5) is 5.69 Å². The maximum atomic E-state index is 10.7. The fourth-order valence-corrected chi connectivity index (χ4v) is 3.60. The quantitative estimate of drug-likeness (QED) is 0.753. The topological polar surface area (TPSA) is 54.4 Å². The number of hydrogen-bond donors (Lipinski definition) is 1. The van der Waals surface area contributed by atoms with E-state index in [1.807, 2.05) is 37.3 Å². The number of nitrogens with zero attached hydrogens (tertiary/aromatic N) is 2. The van der Waals surface area contributed by atoms with Crippen LogP contribution in [0, 0.1) is 0 Å². The molecular weight excluding hydrogens is 356 g/mol. The van der Waals surface area contributed by atoms with Gasteiger partial charge >= 0.3 is 0 Å². The van der Waals surface area contributed by atoms with Crippen LogP contribution in [0.15, 0.2) is 42.5 Å². The molecule has 0 aliphatic carbocycles. The monoisotopic (exact) mass is 386 g/mol. The van der Waals surface area contributed by atoms with Gasteiger partial charge in [0.05, 0.1) is 32.6 Å². The molecule has 2 aromatic rings. The van der Waals surface area contributed by atoms with Gasteiger partial charge in [-0.3, -0.25) is 4.90 Å². The first kappa shape index (κ1) is 20.3. The van der Waals surface area contributed by atoms with Crippen molar-refractivity contribution in [1.29, 1.82) is 0 Å². The van der Waals surface area contributed by atoms with Crippen molar-refractivity contribution in [3.8, 4) is 17.2 Å². The van der Waals surface area contributed by atoms with Crippen molar-refractivity contribution in [3.05, 3.63) is 48.0 Å². The number of aliphatic hydroxyl groups excluding tert-OH is 1. The van der Waals surface area contributed by atoms with Crippen molar-refractivity contribution in [2.24, 2.45) is 0 Å². The van der Waals surface area contributed by atoms with Gasteiger partial charge in [0.2, 0.25) is 0 Å². The summed E-state index contributed by atoms with van der Waals surface area (Å²) in [6.07, 6.45) is -0.608. The number of para-hydroxylation sites is 2. The highest BCUT2D eigenvalue weighted by Crippen LogP contribution is 2.31. The van der Waals surface area contributed by atoms with Gasteiger partial charge in [-0.25, -0.2) is 0 Å². The zero-order valence-electron chi connectivity index (χ0n) is 16.9. The largest absolute Gasteiger partial charge is 0.497 e. The molecule has 1 fully saturated rings. The highest BCUT2D eigenvalue weighted by atomic mass is 16.5. The van der Waals surface area contributed by atoms with E-state index >= 15 is 0 Å². The fraction of sp³-hybridized carbons (Fsp3) is 0.455. The Morgan fingerprint density at radius 1 is 0.964 bits per heavy atom. The molecule has 1 aliphatic heterocycles. The normalized spacial score (nSPS) is 15.9. The molecule has 6 nitrogen and oxygen atoms in total. The second-order valence-corrected chi connectivity index (χ2v) is 6.81. The van der Waals surface area contributed by atoms with E-state index in [4.69, 9.17) is 14.2 Å². The van der Waals surface area contributed by atoms with E-state index in [1.54, 1.807) is 20.3 Å². The predicted octanol–water partition coefficient (Wildman–Crippen LogP) is 2.96. The Morgan fingerprint density at radius 2 is 1.71 bits per heavy atom. The third-order valence-electron chi connectivity index (χ3n) is 5.11. The van der Waals surface area contributed by atoms with Crippen LogP contribution in [-0.4, -0.2) is 63.6 Å². The number of aliphatic hydroxyl groups is 1. The lowest BCUT2D eigenvalue weighted by Crippen LogP contribution is -2.47. The fourth-order valence-electron chi connectivity index (χ4n) is 3.60. The van der Waals surface area contributed by atoms with Gasteiger partial charge in [-0.15, -0.1) is 0 Å². The van der Waals surface area contributed by atoms with Crippen LogP contribution in [0.2, 0.25) is 0 Å². The van der Waals surface area contributed by atoms with Gasteiger partial charge in [0.15, 0.2) is 0 Å². The number of β-amino-alcohol motifs (C(OH)–C–C–N with tert-alkyl or cyclic N) is 1. The molecule has 0 radical (unpaired) electrons. The number of rotatable bonds is 8. The first-order chi connectivity index (χ1) is 13.7. The summed E-state index contributed by atoms with van der Waals surface area (Å²) in [6.45, 7) is 6.80. The van der Waals surface area contributed by atoms with Gasteiger partial charge in [-0.2, -0.15) is 0 Å². The Kier molecular flexibility index (Phi) is 7.01. The number of ether oxygens (including phenoxy) is 3. The number of hydrogen-bond acceptors (Lipinski definition) is 6. The summed E-state index contributed by atoms with van der Waals surface area (Å²) in [5, 5.41) is 10.7. The summed E-state index contributed by atoms with van der Waals surface area (Å²) >= 11 is 0. The first-order valence-electron chi connectivity index (χ1n) is 9.75. The molecule has 0 saturated carbocycles. The van der Waals surface area contributed by atoms with Gasteiger partial charge in [-0.05, 0) is 31.2 Å². The van der Waals surface area contributed by atoms with E-state index in [0.29, 0.717) is 18.9 Å². The Labute approximate surface area is 167 Å². The van der Waals surface area contributed by atoms with Crippen LogP contribution >= 0.6 is 0 Å². The van der Waals surface area contributed by atoms with Crippen LogP contribution in [0.1, 0.15) is 18.6 Å². The third-order valence-corrected chi connectivity index (χ3v) is 5.11. The van der Waals surface area contributed by atoms with Crippen LogP contribution in [0.3, 0.4) is 0 Å². The lowest BCUT2D eigenvalue weighted by atomic mass is 10.1. The molecule has 1 saturated heterocycles. The number of benzene rings is 2. The Balaban J connectivity index is 1.60. The predicted molar refractivity (Wildman–Crippen MR) is 111 cm³/mol. The van der Waals surface area contributed by atoms with Crippen LogP contribution in [0.5, 0.6) is 17.2 Å². The van der Waals surface area contributed by atoms with E-state index in [1.165, 1.54) is 0 Å². The molecule has 1 heterocycles. The van der Waals surface area contributed by atoms with Crippen LogP contribution in [0.25, 0.3) is 0 Å². The summed E-state index contributed by atoms with van der Waals surface area (Å²) in [6, 6.07) is 13.7. The van der Waals surface area contributed by atoms with Crippen molar-refractivity contribution in [2.45, 2.75) is 13.0 Å². The summed E-state index contributed by atoms with van der Waals surface area (Å²) < 4.78 is 16.4. The minimum Gasteiger partial charge on any atom is -0.497 e. The van der Waals surface area contributed by atoms with Gasteiger partial charge in [0, 0.05) is 44.4 Å². The van der Waals surface area contributed by atoms with Gasteiger partial charge in [0.1, 0.15) is 17.2 Å². The number of anilines is 1. The maximum absolute atomic E-state index is 10.7. The van der Waals surface area contributed by atoms with Gasteiger partial charge in [0.25, 0.3) is 0 Å². The second-order valence-electron chi connectivity index (χ2n) is 6.81. The zero-order valence-corrected chi connectivity index (χ0v) is 16.9. The molecule has 0 aromatic heterocycles. The molecule has 0 bridgehead atoms. The van der Waals surface area contributed by atoms with Gasteiger partial charge in [-0.1, -0.05) is 12.1 Å². The van der Waals surface area contributed by atoms with Crippen LogP contribution < -0.4 is 19.1 Å². The van der Waals surface area contributed by atoms with E-state index in [2.05, 4.69) is 15.9 Å². The first-order valence-corrected chi connectivity index (χ1v) is 9.75. The molecule has 1 unspecified atom stereocenters. The molecule has 1 N–H and O–H groups in total. The third kappa shape index (κ3) is 4.69. The lowest BCUT2D eigenvalue weighted by Gasteiger charge is -2.37. The molecular formula is C22H30N2O4. The minimum atomic E-state index is -0.608. The molecule has 3 rings (SSSR count). The Bertz CT molecular complexity index is 760. The van der Waals surface area contributed by atoms with Gasteiger partial charge < -0.3 is 24.2 Å². The molecule has 0 amide bonds. The lowest BCUT2D eigenvalue weighted by molar-refractivity contribution is 0.107. The van der Waals surface area contributed by atoms with Crippen molar-refractivity contribution in [1.82, 2.24) is 4.90 Å². The smallest absolute Gasteiger partial charge is 0.142 e. The van der Waals surface area contributed by atoms with E-state index in [0.717, 1.165) is 48.9 Å². The van der Waals surface area contributed by atoms with Crippen molar-refractivity contribution in [3.63, 3.8) is 0 Å². The standard InChI is InChI=1S/C22H30N2O4/c1-4-28-21-8-6-5-7-19(21)24-13-11-23(12-14-24)16-20(25)18-10-9-17(26-2)15-22(18)27-3/h5-10,15,20,25H,4,11-14,16H2,1-3H3. The van der Waals surface area contributed by atoms with Crippen LogP contribution in [-0.2, 0) is 0 Å². The van der Waals surface area contributed by atoms with Crippen molar-refractivity contribution >= 4 is 5.69 Å². The SMILES string of the molecule is CCOc1ccccc1N1CCN(CC(O)c2ccc(OC)cc2OC)CC1. The van der Waals surface area contributed by atoms with E-state index in [9.17, 15) is 5.11 Å². The molecule has 152 valence electrons. The Hall–Kier alpha value is -2.44. The summed E-state index contributed by atoms with van der Waals surface area (Å²) in [7, 11) is 3.23. The molecule has 28 heavy (non-hydrogen) atoms. The highest BCUT2D eigenvalue weighted by Gasteiger charge is 2.23. The highest BCUT2D eigenvalue weighted by molar-refractivity contribution is 5.58. The average Bonchev–Trinajstić information content (AvgIpc) is 2.74. The zero-order chi connectivity index (χ0) is 19.9. The van der Waals surface area contributed by atoms with E-state index in [-0.39, 0.29) is 0 Å². The Morgan fingerprint density at radius 3 is 2.39 bits per heavy atom. The summed E-state index contributed by atoms with van der Waals surface area (Å²) in [4.78, 5) is 4.63. The second kappa shape index (κ2) is 9.66. The molecule has 1 atom stereocenters. The molecule has 6 heteroatoms. The van der Waals surface area contributed by atoms with Crippen molar-refractivity contribution < 1.29 is 19.3 Å². The maximum Gasteiger partial charge on any atom is 0.142 e. The molecule has 1 aliphatic rings. The average molecular weight is 386 g/mol. The summed E-state index contributed by atoms with van der Waals surface area (Å²) in [5.74, 6) is 2.30. The summed E-state index contributed by atoms with van der Waals surface area (Å²) in [5.41, 5.74) is 1.92. The van der Waals surface area contributed by atoms with Crippen molar-refractivity contribution in [2.75, 3.05) is 58.5 Å². The number of methoxy groups -OCH3 is 2. The molecule has 2 aromatic carbocycles. The minimum absolute atomic E-state index is 0.573. The molecule has 0 spiro atoms.